The normalized spacial score (nSPS) is 10.9. The fourth-order valence-electron chi connectivity index (χ4n) is 2.14. The molecule has 0 spiro atoms. The summed E-state index contributed by atoms with van der Waals surface area (Å²) in [6, 6.07) is 7.17. The third kappa shape index (κ3) is 3.24. The molecule has 3 rings (SSSR count). The molecule has 0 fully saturated rings. The number of aromatic nitrogens is 4. The summed E-state index contributed by atoms with van der Waals surface area (Å²) in [5.41, 5.74) is 1.17. The topological polar surface area (TPSA) is 52.8 Å². The van der Waals surface area contributed by atoms with Crippen LogP contribution in [0.4, 0.5) is 8.78 Å². The molecule has 0 radical (unpaired) electrons. The van der Waals surface area contributed by atoms with Gasteiger partial charge in [-0.15, -0.1) is 0 Å². The lowest BCUT2D eigenvalue weighted by molar-refractivity contribution is 0.200. The van der Waals surface area contributed by atoms with Crippen LogP contribution in [-0.4, -0.2) is 33.5 Å². The third-order valence-electron chi connectivity index (χ3n) is 3.27. The summed E-state index contributed by atoms with van der Waals surface area (Å²) < 4.78 is 33.2. The molecule has 0 saturated heterocycles. The predicted octanol–water partition coefficient (Wildman–Crippen LogP) is 2.80. The van der Waals surface area contributed by atoms with Crippen LogP contribution in [0.15, 0.2) is 42.7 Å². The highest BCUT2D eigenvalue weighted by Crippen LogP contribution is 2.22. The number of halogens is 2. The van der Waals surface area contributed by atoms with E-state index >= 15 is 0 Å². The molecule has 0 saturated carbocycles. The van der Waals surface area contributed by atoms with Crippen molar-refractivity contribution in [2.24, 2.45) is 0 Å². The number of benzene rings is 1. The van der Waals surface area contributed by atoms with Crippen LogP contribution in [-0.2, 0) is 11.2 Å². The molecule has 0 amide bonds. The van der Waals surface area contributed by atoms with E-state index in [2.05, 4.69) is 15.1 Å². The molecule has 7 heteroatoms. The van der Waals surface area contributed by atoms with E-state index in [0.717, 1.165) is 17.7 Å². The molecule has 5 nitrogen and oxygen atoms in total. The first-order valence-corrected chi connectivity index (χ1v) is 6.99. The van der Waals surface area contributed by atoms with E-state index < -0.39 is 11.6 Å². The summed E-state index contributed by atoms with van der Waals surface area (Å²) in [7, 11) is 1.59. The minimum absolute atomic E-state index is 0.395. The summed E-state index contributed by atoms with van der Waals surface area (Å²) in [5.74, 6) is -0.746. The van der Waals surface area contributed by atoms with E-state index in [1.165, 1.54) is 10.7 Å². The van der Waals surface area contributed by atoms with Crippen molar-refractivity contribution in [3.8, 4) is 17.1 Å². The van der Waals surface area contributed by atoms with Gasteiger partial charge < -0.3 is 4.74 Å². The highest BCUT2D eigenvalue weighted by molar-refractivity contribution is 5.57. The molecule has 3 aromatic rings. The zero-order chi connectivity index (χ0) is 16.2. The molecule has 0 bridgehead atoms. The fourth-order valence-corrected chi connectivity index (χ4v) is 2.14. The summed E-state index contributed by atoms with van der Waals surface area (Å²) >= 11 is 0. The quantitative estimate of drug-likeness (QED) is 0.726. The Hall–Kier alpha value is -2.67. The van der Waals surface area contributed by atoms with Gasteiger partial charge in [0.15, 0.2) is 23.3 Å². The van der Waals surface area contributed by atoms with E-state index in [0.29, 0.717) is 30.4 Å². The Labute approximate surface area is 131 Å². The molecule has 0 unspecified atom stereocenters. The fraction of sp³-hybridized carbons (Fsp3) is 0.188. The number of hydrogen-bond donors (Lipinski definition) is 0. The van der Waals surface area contributed by atoms with Crippen molar-refractivity contribution in [2.75, 3.05) is 13.7 Å². The smallest absolute Gasteiger partial charge is 0.163 e. The lowest BCUT2D eigenvalue weighted by Crippen LogP contribution is -2.02. The predicted molar refractivity (Wildman–Crippen MR) is 80.1 cm³/mol. The van der Waals surface area contributed by atoms with Crippen LogP contribution in [0.25, 0.3) is 17.1 Å². The Morgan fingerprint density at radius 3 is 2.57 bits per heavy atom. The van der Waals surface area contributed by atoms with Crippen LogP contribution < -0.4 is 0 Å². The number of methoxy groups -OCH3 is 1. The average Bonchev–Trinajstić information content (AvgIpc) is 3.00. The van der Waals surface area contributed by atoms with Gasteiger partial charge >= 0.3 is 0 Å². The van der Waals surface area contributed by atoms with Gasteiger partial charge in [0.2, 0.25) is 0 Å². The Morgan fingerprint density at radius 2 is 1.87 bits per heavy atom. The largest absolute Gasteiger partial charge is 0.384 e. The van der Waals surface area contributed by atoms with Crippen molar-refractivity contribution in [3.05, 3.63) is 60.2 Å². The lowest BCUT2D eigenvalue weighted by Gasteiger charge is -2.06. The standard InChI is InChI=1S/C16H14F2N4O/c1-23-9-6-15-20-16(11-4-7-19-8-5-11)22(21-15)12-2-3-13(17)14(18)10-12/h2-5,7-8,10H,6,9H2,1H3. The molecule has 118 valence electrons. The summed E-state index contributed by atoms with van der Waals surface area (Å²) in [5, 5.41) is 4.38. The van der Waals surface area contributed by atoms with E-state index in [1.54, 1.807) is 31.6 Å². The first kappa shape index (κ1) is 15.2. The molecular formula is C16H14F2N4O. The van der Waals surface area contributed by atoms with Crippen molar-refractivity contribution in [2.45, 2.75) is 6.42 Å². The van der Waals surface area contributed by atoms with Crippen LogP contribution in [0.2, 0.25) is 0 Å². The molecular weight excluding hydrogens is 302 g/mol. The van der Waals surface area contributed by atoms with Gasteiger partial charge in [0.25, 0.3) is 0 Å². The van der Waals surface area contributed by atoms with Crippen molar-refractivity contribution in [1.82, 2.24) is 19.7 Å². The van der Waals surface area contributed by atoms with Crippen LogP contribution in [0, 0.1) is 11.6 Å². The van der Waals surface area contributed by atoms with Crippen molar-refractivity contribution >= 4 is 0 Å². The Morgan fingerprint density at radius 1 is 1.09 bits per heavy atom. The zero-order valence-corrected chi connectivity index (χ0v) is 12.4. The monoisotopic (exact) mass is 316 g/mol. The number of hydrogen-bond acceptors (Lipinski definition) is 4. The highest BCUT2D eigenvalue weighted by Gasteiger charge is 2.15. The van der Waals surface area contributed by atoms with Gasteiger partial charge in [-0.05, 0) is 24.3 Å². The van der Waals surface area contributed by atoms with Gasteiger partial charge in [-0.2, -0.15) is 5.10 Å². The second-order valence-electron chi connectivity index (χ2n) is 4.84. The van der Waals surface area contributed by atoms with Crippen LogP contribution in [0.5, 0.6) is 0 Å². The van der Waals surface area contributed by atoms with Gasteiger partial charge in [-0.25, -0.2) is 18.4 Å². The second kappa shape index (κ2) is 6.62. The summed E-state index contributed by atoms with van der Waals surface area (Å²) in [6.45, 7) is 0.470. The maximum Gasteiger partial charge on any atom is 0.163 e. The molecule has 0 N–H and O–H groups in total. The molecule has 2 heterocycles. The minimum atomic E-state index is -0.933. The third-order valence-corrected chi connectivity index (χ3v) is 3.27. The average molecular weight is 316 g/mol. The molecule has 0 aliphatic rings. The Bertz CT molecular complexity index is 805. The van der Waals surface area contributed by atoms with Gasteiger partial charge in [0.05, 0.1) is 12.3 Å². The van der Waals surface area contributed by atoms with Crippen molar-refractivity contribution in [3.63, 3.8) is 0 Å². The number of pyridine rings is 1. The van der Waals surface area contributed by atoms with E-state index in [4.69, 9.17) is 4.74 Å². The van der Waals surface area contributed by atoms with Gasteiger partial charge in [0.1, 0.15) is 0 Å². The molecule has 0 atom stereocenters. The zero-order valence-electron chi connectivity index (χ0n) is 12.4. The van der Waals surface area contributed by atoms with E-state index in [-0.39, 0.29) is 0 Å². The summed E-state index contributed by atoms with van der Waals surface area (Å²) in [6.07, 6.45) is 3.79. The lowest BCUT2D eigenvalue weighted by atomic mass is 10.2. The van der Waals surface area contributed by atoms with Crippen LogP contribution in [0.3, 0.4) is 0 Å². The molecule has 1 aromatic carbocycles. The number of nitrogens with zero attached hydrogens (tertiary/aromatic N) is 4. The van der Waals surface area contributed by atoms with E-state index in [9.17, 15) is 8.78 Å². The number of ether oxygens (including phenoxy) is 1. The SMILES string of the molecule is COCCc1nc(-c2ccncc2)n(-c2ccc(F)c(F)c2)n1. The number of rotatable bonds is 5. The Kier molecular flexibility index (Phi) is 4.38. The van der Waals surface area contributed by atoms with Crippen molar-refractivity contribution in [1.29, 1.82) is 0 Å². The second-order valence-corrected chi connectivity index (χ2v) is 4.84. The van der Waals surface area contributed by atoms with Gasteiger partial charge in [0, 0.05) is 37.6 Å². The van der Waals surface area contributed by atoms with E-state index in [1.807, 2.05) is 0 Å². The van der Waals surface area contributed by atoms with Crippen molar-refractivity contribution < 1.29 is 13.5 Å². The van der Waals surface area contributed by atoms with Crippen LogP contribution >= 0.6 is 0 Å². The molecule has 23 heavy (non-hydrogen) atoms. The molecule has 0 aliphatic carbocycles. The highest BCUT2D eigenvalue weighted by atomic mass is 19.2. The Balaban J connectivity index is 2.09. The molecule has 0 aliphatic heterocycles. The van der Waals surface area contributed by atoms with Crippen LogP contribution in [0.1, 0.15) is 5.82 Å². The summed E-state index contributed by atoms with van der Waals surface area (Å²) in [4.78, 5) is 8.44. The minimum Gasteiger partial charge on any atom is -0.384 e. The maximum atomic E-state index is 13.5. The first-order chi connectivity index (χ1) is 11.2. The maximum absolute atomic E-state index is 13.5. The first-order valence-electron chi connectivity index (χ1n) is 6.99. The van der Waals surface area contributed by atoms with Gasteiger partial charge in [-0.3, -0.25) is 4.98 Å². The van der Waals surface area contributed by atoms with Gasteiger partial charge in [-0.1, -0.05) is 0 Å². The molecule has 2 aromatic heterocycles.